The van der Waals surface area contributed by atoms with Gasteiger partial charge in [0.05, 0.1) is 0 Å². The van der Waals surface area contributed by atoms with Gasteiger partial charge in [-0.2, -0.15) is 0 Å². The zero-order chi connectivity index (χ0) is 10.1. The Hall–Kier alpha value is -1.36. The van der Waals surface area contributed by atoms with Crippen molar-refractivity contribution in [2.45, 2.75) is 6.92 Å². The highest BCUT2D eigenvalue weighted by atomic mass is 79.9. The van der Waals surface area contributed by atoms with Gasteiger partial charge < -0.3 is 4.42 Å². The van der Waals surface area contributed by atoms with E-state index in [2.05, 4.69) is 26.1 Å². The SMILES string of the molecule is Cc1ccc(Br)cc1-c1n[nH]c(=O)o1. The van der Waals surface area contributed by atoms with E-state index in [4.69, 9.17) is 4.42 Å². The van der Waals surface area contributed by atoms with E-state index >= 15 is 0 Å². The van der Waals surface area contributed by atoms with Crippen LogP contribution in [0.5, 0.6) is 0 Å². The quantitative estimate of drug-likeness (QED) is 0.848. The molecule has 0 aliphatic carbocycles. The molecule has 0 aliphatic rings. The van der Waals surface area contributed by atoms with Gasteiger partial charge in [0.25, 0.3) is 0 Å². The van der Waals surface area contributed by atoms with Crippen molar-refractivity contribution < 1.29 is 4.42 Å². The summed E-state index contributed by atoms with van der Waals surface area (Å²) in [6.07, 6.45) is 0. The van der Waals surface area contributed by atoms with Crippen LogP contribution in [-0.2, 0) is 0 Å². The maximum Gasteiger partial charge on any atom is 0.434 e. The van der Waals surface area contributed by atoms with E-state index in [1.54, 1.807) is 0 Å². The Morgan fingerprint density at radius 1 is 1.50 bits per heavy atom. The van der Waals surface area contributed by atoms with Crippen LogP contribution in [0, 0.1) is 6.92 Å². The van der Waals surface area contributed by atoms with Crippen LogP contribution in [0.4, 0.5) is 0 Å². The van der Waals surface area contributed by atoms with E-state index in [9.17, 15) is 4.79 Å². The van der Waals surface area contributed by atoms with E-state index in [0.29, 0.717) is 5.89 Å². The molecule has 5 heteroatoms. The van der Waals surface area contributed by atoms with Gasteiger partial charge in [0.2, 0.25) is 5.89 Å². The van der Waals surface area contributed by atoms with Gasteiger partial charge in [0, 0.05) is 10.0 Å². The second-order valence-corrected chi connectivity index (χ2v) is 3.79. The van der Waals surface area contributed by atoms with Crippen molar-refractivity contribution in [1.82, 2.24) is 10.2 Å². The average molecular weight is 255 g/mol. The molecule has 1 aromatic heterocycles. The number of hydrogen-bond donors (Lipinski definition) is 1. The second-order valence-electron chi connectivity index (χ2n) is 2.88. The molecule has 1 heterocycles. The minimum atomic E-state index is -0.542. The summed E-state index contributed by atoms with van der Waals surface area (Å²) in [6, 6.07) is 5.70. The Labute approximate surface area is 88.1 Å². The first-order valence-electron chi connectivity index (χ1n) is 3.99. The molecular formula is C9H7BrN2O2. The van der Waals surface area contributed by atoms with Crippen LogP contribution in [0.3, 0.4) is 0 Å². The van der Waals surface area contributed by atoms with Gasteiger partial charge in [-0.15, -0.1) is 5.10 Å². The van der Waals surface area contributed by atoms with Crippen LogP contribution in [0.25, 0.3) is 11.5 Å². The van der Waals surface area contributed by atoms with Crippen molar-refractivity contribution in [1.29, 1.82) is 0 Å². The summed E-state index contributed by atoms with van der Waals surface area (Å²) in [5.74, 6) is -0.229. The Kier molecular flexibility index (Phi) is 2.25. The standard InChI is InChI=1S/C9H7BrN2O2/c1-5-2-3-6(10)4-7(5)8-11-12-9(13)14-8/h2-4H,1H3,(H,12,13). The van der Waals surface area contributed by atoms with Crippen LogP contribution >= 0.6 is 15.9 Å². The third-order valence-corrected chi connectivity index (χ3v) is 2.36. The number of hydrogen-bond acceptors (Lipinski definition) is 3. The summed E-state index contributed by atoms with van der Waals surface area (Å²) in [5, 5.41) is 5.99. The minimum Gasteiger partial charge on any atom is -0.388 e. The van der Waals surface area contributed by atoms with Gasteiger partial charge in [-0.05, 0) is 24.6 Å². The van der Waals surface area contributed by atoms with Crippen molar-refractivity contribution in [3.8, 4) is 11.5 Å². The summed E-state index contributed by atoms with van der Waals surface area (Å²) in [6.45, 7) is 1.93. The summed E-state index contributed by atoms with van der Waals surface area (Å²) in [4.78, 5) is 10.8. The van der Waals surface area contributed by atoms with E-state index in [-0.39, 0.29) is 0 Å². The first-order valence-corrected chi connectivity index (χ1v) is 4.78. The Balaban J connectivity index is 2.61. The van der Waals surface area contributed by atoms with Crippen LogP contribution in [0.1, 0.15) is 5.56 Å². The van der Waals surface area contributed by atoms with Crippen molar-refractivity contribution in [3.63, 3.8) is 0 Å². The molecule has 0 spiro atoms. The molecule has 0 atom stereocenters. The predicted octanol–water partition coefficient (Wildman–Crippen LogP) is 2.10. The van der Waals surface area contributed by atoms with Crippen LogP contribution in [0.15, 0.2) is 31.9 Å². The highest BCUT2D eigenvalue weighted by Gasteiger charge is 2.08. The number of nitrogens with zero attached hydrogens (tertiary/aromatic N) is 1. The van der Waals surface area contributed by atoms with Crippen molar-refractivity contribution in [3.05, 3.63) is 38.8 Å². The third-order valence-electron chi connectivity index (χ3n) is 1.87. The lowest BCUT2D eigenvalue weighted by Gasteiger charge is -2.00. The molecule has 0 saturated carbocycles. The van der Waals surface area contributed by atoms with Gasteiger partial charge in [-0.3, -0.25) is 0 Å². The summed E-state index contributed by atoms with van der Waals surface area (Å²) in [7, 11) is 0. The number of aryl methyl sites for hydroxylation is 1. The van der Waals surface area contributed by atoms with Gasteiger partial charge >= 0.3 is 5.76 Å². The molecule has 1 aromatic carbocycles. The fraction of sp³-hybridized carbons (Fsp3) is 0.111. The van der Waals surface area contributed by atoms with E-state index in [1.807, 2.05) is 25.1 Å². The highest BCUT2D eigenvalue weighted by molar-refractivity contribution is 9.10. The zero-order valence-electron chi connectivity index (χ0n) is 7.37. The Morgan fingerprint density at radius 3 is 2.93 bits per heavy atom. The normalized spacial score (nSPS) is 10.4. The number of aromatic nitrogens is 2. The Morgan fingerprint density at radius 2 is 2.29 bits per heavy atom. The number of rotatable bonds is 1. The van der Waals surface area contributed by atoms with Crippen LogP contribution in [-0.4, -0.2) is 10.2 Å². The van der Waals surface area contributed by atoms with Crippen LogP contribution in [0.2, 0.25) is 0 Å². The van der Waals surface area contributed by atoms with Gasteiger partial charge in [-0.1, -0.05) is 22.0 Å². The molecule has 0 bridgehead atoms. The lowest BCUT2D eigenvalue weighted by atomic mass is 10.1. The average Bonchev–Trinajstić information content (AvgIpc) is 2.56. The number of benzene rings is 1. The molecule has 0 aliphatic heterocycles. The van der Waals surface area contributed by atoms with E-state index in [1.165, 1.54) is 0 Å². The minimum absolute atomic E-state index is 0.314. The maximum atomic E-state index is 10.8. The molecule has 1 N–H and O–H groups in total. The summed E-state index contributed by atoms with van der Waals surface area (Å²) < 4.78 is 5.78. The van der Waals surface area contributed by atoms with E-state index in [0.717, 1.165) is 15.6 Å². The fourth-order valence-corrected chi connectivity index (χ4v) is 1.53. The predicted molar refractivity (Wildman–Crippen MR) is 55.0 cm³/mol. The van der Waals surface area contributed by atoms with Crippen molar-refractivity contribution >= 4 is 15.9 Å². The molecule has 0 unspecified atom stereocenters. The molecule has 14 heavy (non-hydrogen) atoms. The Bertz CT molecular complexity index is 516. The smallest absolute Gasteiger partial charge is 0.388 e. The van der Waals surface area contributed by atoms with E-state index < -0.39 is 5.76 Å². The molecule has 0 fully saturated rings. The molecule has 2 aromatic rings. The molecule has 0 saturated heterocycles. The number of nitrogens with one attached hydrogen (secondary N) is 1. The second kappa shape index (κ2) is 3.42. The van der Waals surface area contributed by atoms with Gasteiger partial charge in [0.15, 0.2) is 0 Å². The highest BCUT2D eigenvalue weighted by Crippen LogP contribution is 2.23. The van der Waals surface area contributed by atoms with Gasteiger partial charge in [-0.25, -0.2) is 9.89 Å². The molecule has 4 nitrogen and oxygen atoms in total. The molecule has 2 rings (SSSR count). The van der Waals surface area contributed by atoms with Crippen LogP contribution < -0.4 is 5.76 Å². The maximum absolute atomic E-state index is 10.8. The summed E-state index contributed by atoms with van der Waals surface area (Å²) >= 11 is 3.34. The first kappa shape index (κ1) is 9.21. The monoisotopic (exact) mass is 254 g/mol. The van der Waals surface area contributed by atoms with Gasteiger partial charge in [0.1, 0.15) is 0 Å². The number of H-pyrrole nitrogens is 1. The third kappa shape index (κ3) is 1.63. The fourth-order valence-electron chi connectivity index (χ4n) is 1.17. The molecule has 0 amide bonds. The molecule has 72 valence electrons. The van der Waals surface area contributed by atoms with Crippen molar-refractivity contribution in [2.75, 3.05) is 0 Å². The first-order chi connectivity index (χ1) is 6.66. The molecular weight excluding hydrogens is 248 g/mol. The number of aromatic amines is 1. The largest absolute Gasteiger partial charge is 0.434 e. The topological polar surface area (TPSA) is 58.9 Å². The molecule has 0 radical (unpaired) electrons. The lowest BCUT2D eigenvalue weighted by molar-refractivity contribution is 0.526. The zero-order valence-corrected chi connectivity index (χ0v) is 8.96. The lowest BCUT2D eigenvalue weighted by Crippen LogP contribution is -1.93. The number of halogens is 1. The summed E-state index contributed by atoms with van der Waals surface area (Å²) in [5.41, 5.74) is 1.81. The van der Waals surface area contributed by atoms with Crippen molar-refractivity contribution in [2.24, 2.45) is 0 Å².